The zero-order chi connectivity index (χ0) is 9.30. The number of pyridine rings is 1. The smallest absolute Gasteiger partial charge is 0.265 e. The average Bonchev–Trinajstić information content (AvgIpc) is 1.96. The van der Waals surface area contributed by atoms with Crippen molar-refractivity contribution in [2.45, 2.75) is 13.3 Å². The molecule has 1 heterocycles. The van der Waals surface area contributed by atoms with Gasteiger partial charge >= 0.3 is 0 Å². The van der Waals surface area contributed by atoms with Crippen LogP contribution in [0, 0.1) is 6.92 Å². The van der Waals surface area contributed by atoms with Gasteiger partial charge < -0.3 is 5.73 Å². The summed E-state index contributed by atoms with van der Waals surface area (Å²) in [5.41, 5.74) is 5.80. The number of alkyl halides is 2. The van der Waals surface area contributed by atoms with Gasteiger partial charge in [0.2, 0.25) is 0 Å². The number of hydrogen-bond acceptors (Lipinski definition) is 2. The molecule has 0 unspecified atom stereocenters. The number of hydrogen-bond donors (Lipinski definition) is 1. The van der Waals surface area contributed by atoms with Crippen molar-refractivity contribution in [1.29, 1.82) is 0 Å². The third-order valence-electron chi connectivity index (χ3n) is 1.47. The molecule has 0 fully saturated rings. The molecule has 0 aliphatic carbocycles. The van der Waals surface area contributed by atoms with Crippen LogP contribution in [0.15, 0.2) is 10.7 Å². The van der Waals surface area contributed by atoms with Gasteiger partial charge in [0.05, 0.1) is 5.69 Å². The molecule has 12 heavy (non-hydrogen) atoms. The maximum atomic E-state index is 12.2. The molecule has 0 saturated carbocycles. The Balaban J connectivity index is 3.23. The summed E-state index contributed by atoms with van der Waals surface area (Å²) in [6, 6.07) is 1.23. The number of nitrogens with zero attached hydrogens (tertiary/aromatic N) is 1. The topological polar surface area (TPSA) is 38.9 Å². The van der Waals surface area contributed by atoms with Crippen LogP contribution >= 0.6 is 15.9 Å². The Labute approximate surface area is 76.9 Å². The van der Waals surface area contributed by atoms with Crippen LogP contribution in [0.3, 0.4) is 0 Å². The second-order valence-corrected chi connectivity index (χ2v) is 3.09. The van der Waals surface area contributed by atoms with E-state index in [1.165, 1.54) is 13.0 Å². The number of anilines is 1. The molecule has 0 bridgehead atoms. The van der Waals surface area contributed by atoms with Crippen molar-refractivity contribution in [3.8, 4) is 0 Å². The van der Waals surface area contributed by atoms with Crippen molar-refractivity contribution < 1.29 is 8.78 Å². The Bertz CT molecular complexity index is 302. The predicted octanol–water partition coefficient (Wildman–Crippen LogP) is 2.67. The zero-order valence-electron chi connectivity index (χ0n) is 6.31. The first-order valence-electron chi connectivity index (χ1n) is 3.23. The third-order valence-corrected chi connectivity index (χ3v) is 2.10. The van der Waals surface area contributed by atoms with Crippen LogP contribution in [0.25, 0.3) is 0 Å². The second kappa shape index (κ2) is 3.35. The van der Waals surface area contributed by atoms with Crippen LogP contribution in [-0.2, 0) is 0 Å². The predicted molar refractivity (Wildman–Crippen MR) is 46.0 cm³/mol. The highest BCUT2D eigenvalue weighted by atomic mass is 79.9. The van der Waals surface area contributed by atoms with Gasteiger partial charge in [0.25, 0.3) is 6.43 Å². The minimum absolute atomic E-state index is 0.115. The molecule has 0 aromatic carbocycles. The Hall–Kier alpha value is -0.710. The SMILES string of the molecule is Cc1nc(Br)c(N)cc1C(F)F. The minimum Gasteiger partial charge on any atom is -0.397 e. The lowest BCUT2D eigenvalue weighted by Gasteiger charge is -2.05. The van der Waals surface area contributed by atoms with Gasteiger partial charge in [0, 0.05) is 11.3 Å². The number of aryl methyl sites for hydroxylation is 1. The van der Waals surface area contributed by atoms with Gasteiger partial charge in [-0.1, -0.05) is 0 Å². The van der Waals surface area contributed by atoms with E-state index < -0.39 is 6.43 Å². The van der Waals surface area contributed by atoms with Crippen LogP contribution in [0.1, 0.15) is 17.7 Å². The van der Waals surface area contributed by atoms with Gasteiger partial charge in [-0.2, -0.15) is 0 Å². The van der Waals surface area contributed by atoms with E-state index >= 15 is 0 Å². The molecule has 0 saturated heterocycles. The van der Waals surface area contributed by atoms with E-state index in [1.807, 2.05) is 0 Å². The Kier molecular flexibility index (Phi) is 2.62. The number of halogens is 3. The summed E-state index contributed by atoms with van der Waals surface area (Å²) in [7, 11) is 0. The van der Waals surface area contributed by atoms with Gasteiger partial charge in [-0.3, -0.25) is 0 Å². The largest absolute Gasteiger partial charge is 0.397 e. The first-order chi connectivity index (χ1) is 5.52. The van der Waals surface area contributed by atoms with Gasteiger partial charge in [-0.25, -0.2) is 13.8 Å². The molecule has 1 rings (SSSR count). The molecular formula is C7H7BrF2N2. The highest BCUT2D eigenvalue weighted by Crippen LogP contribution is 2.26. The molecule has 1 aromatic rings. The molecule has 66 valence electrons. The van der Waals surface area contributed by atoms with Gasteiger partial charge in [-0.15, -0.1) is 0 Å². The number of aromatic nitrogens is 1. The molecule has 0 atom stereocenters. The standard InChI is InChI=1S/C7H7BrF2N2/c1-3-4(7(9)10)2-5(11)6(8)12-3/h2,7H,11H2,1H3. The summed E-state index contributed by atoms with van der Waals surface area (Å²) in [4.78, 5) is 3.81. The summed E-state index contributed by atoms with van der Waals surface area (Å²) in [5.74, 6) is 0. The van der Waals surface area contributed by atoms with Crippen molar-refractivity contribution in [2.24, 2.45) is 0 Å². The van der Waals surface area contributed by atoms with Crippen molar-refractivity contribution in [3.05, 3.63) is 21.9 Å². The first kappa shape index (κ1) is 9.38. The second-order valence-electron chi connectivity index (χ2n) is 2.34. The lowest BCUT2D eigenvalue weighted by Crippen LogP contribution is -1.98. The minimum atomic E-state index is -2.52. The van der Waals surface area contributed by atoms with Gasteiger partial charge in [0.15, 0.2) is 0 Å². The van der Waals surface area contributed by atoms with Crippen LogP contribution in [0.5, 0.6) is 0 Å². The normalized spacial score (nSPS) is 10.8. The molecule has 0 radical (unpaired) electrons. The van der Waals surface area contributed by atoms with Crippen molar-refractivity contribution in [1.82, 2.24) is 4.98 Å². The monoisotopic (exact) mass is 236 g/mol. The van der Waals surface area contributed by atoms with Crippen LogP contribution in [0.2, 0.25) is 0 Å². The fourth-order valence-electron chi connectivity index (χ4n) is 0.829. The number of rotatable bonds is 1. The maximum absolute atomic E-state index is 12.2. The van der Waals surface area contributed by atoms with Crippen molar-refractivity contribution >= 4 is 21.6 Å². The van der Waals surface area contributed by atoms with Crippen LogP contribution in [-0.4, -0.2) is 4.98 Å². The van der Waals surface area contributed by atoms with E-state index in [9.17, 15) is 8.78 Å². The van der Waals surface area contributed by atoms with E-state index in [0.717, 1.165) is 0 Å². The van der Waals surface area contributed by atoms with Gasteiger partial charge in [-0.05, 0) is 28.9 Å². The molecule has 0 aliphatic rings. The van der Waals surface area contributed by atoms with Crippen LogP contribution < -0.4 is 5.73 Å². The molecule has 2 nitrogen and oxygen atoms in total. The summed E-state index contributed by atoms with van der Waals surface area (Å²) < 4.78 is 24.9. The quantitative estimate of drug-likeness (QED) is 0.762. The molecule has 5 heteroatoms. The number of nitrogen functional groups attached to an aromatic ring is 1. The van der Waals surface area contributed by atoms with E-state index in [0.29, 0.717) is 10.3 Å². The fourth-order valence-corrected chi connectivity index (χ4v) is 1.21. The first-order valence-corrected chi connectivity index (χ1v) is 4.02. The lowest BCUT2D eigenvalue weighted by molar-refractivity contribution is 0.150. The number of nitrogens with two attached hydrogens (primary N) is 1. The lowest BCUT2D eigenvalue weighted by atomic mass is 10.2. The van der Waals surface area contributed by atoms with Crippen LogP contribution in [0.4, 0.5) is 14.5 Å². The Morgan fingerprint density at radius 1 is 1.58 bits per heavy atom. The highest BCUT2D eigenvalue weighted by molar-refractivity contribution is 9.10. The van der Waals surface area contributed by atoms with Crippen molar-refractivity contribution in [2.75, 3.05) is 5.73 Å². The molecule has 2 N–H and O–H groups in total. The summed E-state index contributed by atoms with van der Waals surface area (Å²) in [6.45, 7) is 1.52. The van der Waals surface area contributed by atoms with E-state index in [1.54, 1.807) is 0 Å². The Morgan fingerprint density at radius 3 is 2.67 bits per heavy atom. The molecule has 0 aliphatic heterocycles. The highest BCUT2D eigenvalue weighted by Gasteiger charge is 2.13. The van der Waals surface area contributed by atoms with E-state index in [-0.39, 0.29) is 11.3 Å². The van der Waals surface area contributed by atoms with Gasteiger partial charge in [0.1, 0.15) is 4.60 Å². The molecule has 1 aromatic heterocycles. The average molecular weight is 237 g/mol. The van der Waals surface area contributed by atoms with E-state index in [4.69, 9.17) is 5.73 Å². The molecule has 0 amide bonds. The molecular weight excluding hydrogens is 230 g/mol. The zero-order valence-corrected chi connectivity index (χ0v) is 7.90. The van der Waals surface area contributed by atoms with Crippen molar-refractivity contribution in [3.63, 3.8) is 0 Å². The summed E-state index contributed by atoms with van der Waals surface area (Å²) >= 11 is 3.05. The van der Waals surface area contributed by atoms with E-state index in [2.05, 4.69) is 20.9 Å². The molecule has 0 spiro atoms. The Morgan fingerprint density at radius 2 is 2.17 bits per heavy atom. The maximum Gasteiger partial charge on any atom is 0.265 e. The summed E-state index contributed by atoms with van der Waals surface area (Å²) in [5, 5.41) is 0. The third kappa shape index (κ3) is 1.72. The fraction of sp³-hybridized carbons (Fsp3) is 0.286. The summed E-state index contributed by atoms with van der Waals surface area (Å²) in [6.07, 6.45) is -2.52.